The Morgan fingerprint density at radius 1 is 1.32 bits per heavy atom. The van der Waals surface area contributed by atoms with Gasteiger partial charge in [-0.15, -0.1) is 0 Å². The first-order valence-electron chi connectivity index (χ1n) is 5.51. The van der Waals surface area contributed by atoms with Crippen molar-refractivity contribution in [1.29, 1.82) is 5.26 Å². The van der Waals surface area contributed by atoms with Crippen LogP contribution in [0.1, 0.15) is 16.1 Å². The number of carbonyl (C=O) groups is 1. The second-order valence-electron chi connectivity index (χ2n) is 3.88. The van der Waals surface area contributed by atoms with E-state index in [0.717, 1.165) is 10.2 Å². The summed E-state index contributed by atoms with van der Waals surface area (Å²) in [7, 11) is 1.69. The van der Waals surface area contributed by atoms with Crippen molar-refractivity contribution in [3.8, 4) is 6.07 Å². The standard InChI is InChI=1S/C14H10BrN3O/c1-18(13-4-2-11(15)3-5-13)14(19)10-6-7-17-12(8-10)9-16/h2-8H,1H3. The second-order valence-corrected chi connectivity index (χ2v) is 4.80. The molecule has 19 heavy (non-hydrogen) atoms. The van der Waals surface area contributed by atoms with Crippen LogP contribution in [0, 0.1) is 11.3 Å². The summed E-state index contributed by atoms with van der Waals surface area (Å²) in [5, 5.41) is 8.79. The summed E-state index contributed by atoms with van der Waals surface area (Å²) in [6.07, 6.45) is 1.46. The van der Waals surface area contributed by atoms with E-state index in [-0.39, 0.29) is 11.6 Å². The van der Waals surface area contributed by atoms with Crippen LogP contribution in [0.15, 0.2) is 47.1 Å². The maximum atomic E-state index is 12.3. The number of aromatic nitrogens is 1. The Kier molecular flexibility index (Phi) is 3.93. The average molecular weight is 316 g/mol. The van der Waals surface area contributed by atoms with Gasteiger partial charge in [0.25, 0.3) is 5.91 Å². The van der Waals surface area contributed by atoms with Gasteiger partial charge in [-0.05, 0) is 36.4 Å². The molecule has 0 radical (unpaired) electrons. The van der Waals surface area contributed by atoms with E-state index in [1.165, 1.54) is 17.2 Å². The van der Waals surface area contributed by atoms with E-state index in [0.29, 0.717) is 5.56 Å². The molecule has 0 aliphatic heterocycles. The van der Waals surface area contributed by atoms with E-state index < -0.39 is 0 Å². The van der Waals surface area contributed by atoms with Gasteiger partial charge >= 0.3 is 0 Å². The Bertz CT molecular complexity index is 646. The number of benzene rings is 1. The first-order chi connectivity index (χ1) is 9.11. The summed E-state index contributed by atoms with van der Waals surface area (Å²) in [4.78, 5) is 17.7. The Labute approximate surface area is 119 Å². The predicted octanol–water partition coefficient (Wildman–Crippen LogP) is 2.99. The normalized spacial score (nSPS) is 9.74. The van der Waals surface area contributed by atoms with Crippen LogP contribution in [0.2, 0.25) is 0 Å². The van der Waals surface area contributed by atoms with Crippen LogP contribution >= 0.6 is 15.9 Å². The van der Waals surface area contributed by atoms with Gasteiger partial charge in [-0.25, -0.2) is 4.98 Å². The molecule has 0 bridgehead atoms. The van der Waals surface area contributed by atoms with Crippen LogP contribution < -0.4 is 4.90 Å². The molecule has 0 N–H and O–H groups in total. The fraction of sp³-hybridized carbons (Fsp3) is 0.0714. The Balaban J connectivity index is 2.28. The Morgan fingerprint density at radius 3 is 2.63 bits per heavy atom. The van der Waals surface area contributed by atoms with Crippen molar-refractivity contribution in [1.82, 2.24) is 4.98 Å². The van der Waals surface area contributed by atoms with Gasteiger partial charge in [-0.3, -0.25) is 4.79 Å². The van der Waals surface area contributed by atoms with Gasteiger partial charge in [-0.1, -0.05) is 15.9 Å². The molecule has 0 atom stereocenters. The third-order valence-electron chi connectivity index (χ3n) is 2.64. The van der Waals surface area contributed by atoms with Crippen LogP contribution in [0.3, 0.4) is 0 Å². The summed E-state index contributed by atoms with van der Waals surface area (Å²) in [5.41, 5.74) is 1.45. The molecule has 1 aromatic heterocycles. The van der Waals surface area contributed by atoms with Gasteiger partial charge in [0.2, 0.25) is 0 Å². The number of halogens is 1. The average Bonchev–Trinajstić information content (AvgIpc) is 2.46. The maximum Gasteiger partial charge on any atom is 0.258 e. The molecule has 0 aliphatic carbocycles. The molecule has 2 rings (SSSR count). The minimum Gasteiger partial charge on any atom is -0.311 e. The van der Waals surface area contributed by atoms with E-state index in [1.807, 2.05) is 30.3 Å². The number of rotatable bonds is 2. The molecule has 1 heterocycles. The molecule has 0 saturated heterocycles. The van der Waals surface area contributed by atoms with E-state index in [4.69, 9.17) is 5.26 Å². The quantitative estimate of drug-likeness (QED) is 0.856. The largest absolute Gasteiger partial charge is 0.311 e. The first kappa shape index (κ1) is 13.2. The number of hydrogen-bond acceptors (Lipinski definition) is 3. The molecule has 0 spiro atoms. The molecule has 94 valence electrons. The second kappa shape index (κ2) is 5.63. The predicted molar refractivity (Wildman–Crippen MR) is 75.8 cm³/mol. The molecule has 5 heteroatoms. The molecule has 1 aromatic carbocycles. The number of hydrogen-bond donors (Lipinski definition) is 0. The molecule has 0 unspecified atom stereocenters. The number of amides is 1. The van der Waals surface area contributed by atoms with E-state index in [2.05, 4.69) is 20.9 Å². The lowest BCUT2D eigenvalue weighted by atomic mass is 10.2. The van der Waals surface area contributed by atoms with Crippen molar-refractivity contribution in [2.75, 3.05) is 11.9 Å². The van der Waals surface area contributed by atoms with Gasteiger partial charge in [0.05, 0.1) is 0 Å². The fourth-order valence-electron chi connectivity index (χ4n) is 1.60. The number of carbonyl (C=O) groups excluding carboxylic acids is 1. The minimum atomic E-state index is -0.179. The van der Waals surface area contributed by atoms with E-state index in [1.54, 1.807) is 13.1 Å². The van der Waals surface area contributed by atoms with Crippen LogP contribution in [-0.2, 0) is 0 Å². The Morgan fingerprint density at radius 2 is 2.00 bits per heavy atom. The third-order valence-corrected chi connectivity index (χ3v) is 3.17. The van der Waals surface area contributed by atoms with Gasteiger partial charge < -0.3 is 4.90 Å². The lowest BCUT2D eigenvalue weighted by Crippen LogP contribution is -2.26. The summed E-state index contributed by atoms with van der Waals surface area (Å²) in [6.45, 7) is 0. The number of pyridine rings is 1. The highest BCUT2D eigenvalue weighted by molar-refractivity contribution is 9.10. The number of anilines is 1. The van der Waals surface area contributed by atoms with E-state index >= 15 is 0 Å². The summed E-state index contributed by atoms with van der Waals surface area (Å²) < 4.78 is 0.952. The van der Waals surface area contributed by atoms with Crippen molar-refractivity contribution in [2.24, 2.45) is 0 Å². The fourth-order valence-corrected chi connectivity index (χ4v) is 1.86. The zero-order chi connectivity index (χ0) is 13.8. The van der Waals surface area contributed by atoms with Gasteiger partial charge in [0.15, 0.2) is 0 Å². The van der Waals surface area contributed by atoms with Crippen molar-refractivity contribution >= 4 is 27.5 Å². The highest BCUT2D eigenvalue weighted by atomic mass is 79.9. The van der Waals surface area contributed by atoms with Crippen molar-refractivity contribution in [3.05, 3.63) is 58.3 Å². The van der Waals surface area contributed by atoms with Gasteiger partial charge in [-0.2, -0.15) is 5.26 Å². The molecule has 0 saturated carbocycles. The molecule has 2 aromatic rings. The van der Waals surface area contributed by atoms with Gasteiger partial charge in [0.1, 0.15) is 11.8 Å². The zero-order valence-electron chi connectivity index (χ0n) is 10.2. The van der Waals surface area contributed by atoms with Crippen molar-refractivity contribution < 1.29 is 4.79 Å². The summed E-state index contributed by atoms with van der Waals surface area (Å²) in [6, 6.07) is 12.4. The number of nitrogens with zero attached hydrogens (tertiary/aromatic N) is 3. The van der Waals surface area contributed by atoms with E-state index in [9.17, 15) is 4.79 Å². The van der Waals surface area contributed by atoms with Crippen LogP contribution in [0.4, 0.5) is 5.69 Å². The van der Waals surface area contributed by atoms with Crippen molar-refractivity contribution in [3.63, 3.8) is 0 Å². The smallest absolute Gasteiger partial charge is 0.258 e. The van der Waals surface area contributed by atoms with Crippen LogP contribution in [0.5, 0.6) is 0 Å². The molecule has 0 fully saturated rings. The SMILES string of the molecule is CN(C(=O)c1ccnc(C#N)c1)c1ccc(Br)cc1. The van der Waals surface area contributed by atoms with Crippen molar-refractivity contribution in [2.45, 2.75) is 0 Å². The molecular weight excluding hydrogens is 306 g/mol. The monoisotopic (exact) mass is 315 g/mol. The number of nitriles is 1. The first-order valence-corrected chi connectivity index (χ1v) is 6.31. The molecule has 1 amide bonds. The lowest BCUT2D eigenvalue weighted by molar-refractivity contribution is 0.0993. The molecular formula is C14H10BrN3O. The lowest BCUT2D eigenvalue weighted by Gasteiger charge is -2.17. The van der Waals surface area contributed by atoms with Gasteiger partial charge in [0, 0.05) is 29.0 Å². The highest BCUT2D eigenvalue weighted by Gasteiger charge is 2.14. The minimum absolute atomic E-state index is 0.179. The Hall–Kier alpha value is -2.19. The molecule has 0 aliphatic rings. The summed E-state index contributed by atoms with van der Waals surface area (Å²) in [5.74, 6) is -0.179. The highest BCUT2D eigenvalue weighted by Crippen LogP contribution is 2.19. The van der Waals surface area contributed by atoms with Crippen LogP contribution in [-0.4, -0.2) is 17.9 Å². The summed E-state index contributed by atoms with van der Waals surface area (Å²) >= 11 is 3.35. The third kappa shape index (κ3) is 2.98. The molecule has 4 nitrogen and oxygen atoms in total. The maximum absolute atomic E-state index is 12.3. The van der Waals surface area contributed by atoms with Crippen LogP contribution in [0.25, 0.3) is 0 Å². The zero-order valence-corrected chi connectivity index (χ0v) is 11.8. The topological polar surface area (TPSA) is 57.0 Å².